The third-order valence-electron chi connectivity index (χ3n) is 20.8. The highest BCUT2D eigenvalue weighted by Crippen LogP contribution is 2.54. The number of carbonyl (C=O) groups excluding carboxylic acids is 2. The van der Waals surface area contributed by atoms with Crippen LogP contribution in [0.2, 0.25) is 0 Å². The summed E-state index contributed by atoms with van der Waals surface area (Å²) in [4.78, 5) is 48.4. The number of aliphatic hydroxyl groups excluding tert-OH is 1. The number of aromatic hydroxyl groups is 1. The fraction of sp³-hybridized carbons (Fsp3) is 0.625. The number of amides is 2. The van der Waals surface area contributed by atoms with Crippen LogP contribution in [0.5, 0.6) is 5.75 Å². The lowest BCUT2D eigenvalue weighted by Crippen LogP contribution is -2.64. The number of nitrogens with two attached hydrogens (primary N) is 1. The van der Waals surface area contributed by atoms with Gasteiger partial charge in [-0.15, -0.1) is 21.5 Å². The Hall–Kier alpha value is -5.70. The van der Waals surface area contributed by atoms with E-state index in [1.165, 1.54) is 64.5 Å². The molecule has 6 saturated heterocycles. The van der Waals surface area contributed by atoms with Crippen LogP contribution in [0.15, 0.2) is 70.7 Å². The number of nitrogen functional groups attached to an aromatic ring is 1. The molecule has 1 spiro atoms. The fourth-order valence-electron chi connectivity index (χ4n) is 16.0. The van der Waals surface area contributed by atoms with E-state index in [4.69, 9.17) is 15.0 Å². The first-order chi connectivity index (χ1) is 40.2. The van der Waals surface area contributed by atoms with E-state index in [9.17, 15) is 19.8 Å². The van der Waals surface area contributed by atoms with Gasteiger partial charge < -0.3 is 55.0 Å². The van der Waals surface area contributed by atoms with Gasteiger partial charge in [0.2, 0.25) is 11.8 Å². The number of piperidine rings is 3. The van der Waals surface area contributed by atoms with Crippen molar-refractivity contribution in [2.24, 2.45) is 17.3 Å². The summed E-state index contributed by atoms with van der Waals surface area (Å²) >= 11 is 1.61. The Bertz CT molecular complexity index is 3050. The van der Waals surface area contributed by atoms with Gasteiger partial charge in [-0.1, -0.05) is 55.4 Å². The summed E-state index contributed by atoms with van der Waals surface area (Å²) in [6.07, 6.45) is 14.7. The van der Waals surface area contributed by atoms with Gasteiger partial charge >= 0.3 is 0 Å². The molecule has 83 heavy (non-hydrogen) atoms. The Morgan fingerprint density at radius 1 is 0.831 bits per heavy atom. The van der Waals surface area contributed by atoms with Gasteiger partial charge in [-0.25, -0.2) is 4.98 Å². The van der Waals surface area contributed by atoms with E-state index in [1.807, 2.05) is 75.7 Å². The fourth-order valence-corrected chi connectivity index (χ4v) is 16.8. The van der Waals surface area contributed by atoms with Crippen LogP contribution < -0.4 is 20.9 Å². The minimum atomic E-state index is -0.792. The molecular weight excluding hydrogens is 1060 g/mol. The Morgan fingerprint density at radius 2 is 1.55 bits per heavy atom. The van der Waals surface area contributed by atoms with Crippen LogP contribution >= 0.6 is 11.3 Å². The average molecular weight is 1150 g/mol. The number of hydrogen-bond acceptors (Lipinski definition) is 17. The van der Waals surface area contributed by atoms with E-state index in [1.54, 1.807) is 22.3 Å². The van der Waals surface area contributed by atoms with Gasteiger partial charge in [0.05, 0.1) is 51.8 Å². The molecule has 444 valence electrons. The first-order valence-corrected chi connectivity index (χ1v) is 32.2. The normalized spacial score (nSPS) is 27.3. The van der Waals surface area contributed by atoms with Crippen molar-refractivity contribution in [1.82, 2.24) is 45.3 Å². The Kier molecular flexibility index (Phi) is 16.1. The van der Waals surface area contributed by atoms with Crippen molar-refractivity contribution in [2.75, 3.05) is 81.0 Å². The Labute approximate surface area is 493 Å². The molecule has 1 unspecified atom stereocenters. The van der Waals surface area contributed by atoms with Crippen LogP contribution in [-0.2, 0) is 14.3 Å². The van der Waals surface area contributed by atoms with Crippen LogP contribution in [0.3, 0.4) is 0 Å². The SMILES string of the molecule is Cc1ncsc1-c1ccc([C@H](C)NC(=O)[C@@H]2C[C@@H](O)CN2C(=O)[C@@H](c2cc(N3CCC(CN4CCC(OC5CC(N6CCC7(CC6)CC(N6C8CC[C@@H]6CN(c6cc(-c9ccccc9O)nnc6N)C8)C7)C5)CC4)CC3)no2)C(C)C)cc1. The second kappa shape index (κ2) is 23.6. The van der Waals surface area contributed by atoms with Crippen molar-refractivity contribution >= 4 is 40.5 Å². The number of aromatic nitrogens is 4. The van der Waals surface area contributed by atoms with E-state index < -0.39 is 18.1 Å². The largest absolute Gasteiger partial charge is 0.507 e. The molecule has 0 radical (unpaired) electrons. The third kappa shape index (κ3) is 11.6. The molecule has 6 aliphatic heterocycles. The zero-order chi connectivity index (χ0) is 57.1. The summed E-state index contributed by atoms with van der Waals surface area (Å²) in [6, 6.07) is 20.7. The van der Waals surface area contributed by atoms with Crippen molar-refractivity contribution in [1.29, 1.82) is 0 Å². The van der Waals surface area contributed by atoms with Crippen molar-refractivity contribution in [3.05, 3.63) is 83.2 Å². The van der Waals surface area contributed by atoms with Crippen LogP contribution in [0, 0.1) is 24.2 Å². The van der Waals surface area contributed by atoms with Gasteiger partial charge in [0.1, 0.15) is 17.7 Å². The summed E-state index contributed by atoms with van der Waals surface area (Å²) in [5.41, 5.74) is 14.1. The number of fused-ring (bicyclic) bond motifs is 2. The number of phenolic OH excluding ortho intramolecular Hbond substituents is 1. The number of benzene rings is 2. The average Bonchev–Trinajstić information content (AvgIpc) is 4.30. The predicted molar refractivity (Wildman–Crippen MR) is 322 cm³/mol. The van der Waals surface area contributed by atoms with Crippen molar-refractivity contribution < 1.29 is 29.1 Å². The minimum Gasteiger partial charge on any atom is -0.507 e. The maximum atomic E-state index is 14.4. The molecule has 8 fully saturated rings. The maximum Gasteiger partial charge on any atom is 0.243 e. The first kappa shape index (κ1) is 56.4. The molecule has 2 bridgehead atoms. The van der Waals surface area contributed by atoms with Crippen LogP contribution in [-0.4, -0.2) is 176 Å². The van der Waals surface area contributed by atoms with Gasteiger partial charge in [0.15, 0.2) is 17.4 Å². The molecule has 2 amide bonds. The number of thiazole rings is 1. The third-order valence-corrected chi connectivity index (χ3v) is 21.8. The zero-order valence-corrected chi connectivity index (χ0v) is 49.8. The number of likely N-dealkylation sites (tertiary alicyclic amines) is 3. The molecule has 2 aromatic carbocycles. The number of hydrogen-bond donors (Lipinski definition) is 4. The number of anilines is 3. The minimum absolute atomic E-state index is 0.0962. The lowest BCUT2D eigenvalue weighted by Gasteiger charge is -2.59. The molecule has 5 N–H and O–H groups in total. The van der Waals surface area contributed by atoms with E-state index in [0.29, 0.717) is 70.5 Å². The van der Waals surface area contributed by atoms with Gasteiger partial charge in [-0.05, 0) is 151 Å². The molecule has 9 heterocycles. The van der Waals surface area contributed by atoms with E-state index in [-0.39, 0.29) is 42.5 Å². The van der Waals surface area contributed by atoms with Crippen LogP contribution in [0.25, 0.3) is 21.7 Å². The van der Waals surface area contributed by atoms with E-state index >= 15 is 0 Å². The molecule has 5 aromatic rings. The lowest BCUT2D eigenvalue weighted by atomic mass is 9.59. The topological polar surface area (TPSA) is 206 Å². The molecule has 8 aliphatic rings. The number of aliphatic hydroxyl groups is 1. The van der Waals surface area contributed by atoms with Gasteiger partial charge in [-0.2, -0.15) is 0 Å². The molecular formula is C64H86N12O6S. The number of rotatable bonds is 16. The Morgan fingerprint density at radius 3 is 2.24 bits per heavy atom. The summed E-state index contributed by atoms with van der Waals surface area (Å²) in [6.45, 7) is 17.5. The molecule has 2 aliphatic carbocycles. The number of nitrogens with one attached hydrogen (secondary N) is 1. The van der Waals surface area contributed by atoms with Gasteiger partial charge in [-0.3, -0.25) is 14.5 Å². The monoisotopic (exact) mass is 1150 g/mol. The molecule has 13 rings (SSSR count). The second-order valence-corrected chi connectivity index (χ2v) is 27.3. The number of carbonyl (C=O) groups is 2. The van der Waals surface area contributed by atoms with Crippen LogP contribution in [0.4, 0.5) is 17.3 Å². The standard InChI is InChI=1S/C64H86N12O6S/c1-39(2)59(63(80)75-37-49(77)29-55(75)62(79)67-40(3)43-9-11-44(12-10-43)60-41(4)66-38-83-60)57-31-58(70-82-57)73-23-15-42(16-24-73)34-71-21-17-50(18-22-71)81-51-27-47(28-51)72-25-19-64(20-26-72)32-48(33-64)76-45-13-14-46(76)36-74(35-45)54-30-53(68-69-61(54)65)52-7-5-6-8-56(52)78/h5-12,30-31,38-40,42,45-51,55,59,77-78H,13-29,32-37H2,1-4H3,(H2,65,69)(H,67,79)/t40-,45+,46?,47?,49+,51?,55-,59+/m0/s1. The number of nitrogens with zero attached hydrogens (tertiary/aromatic N) is 10. The number of ether oxygens (including phenoxy) is 1. The van der Waals surface area contributed by atoms with Crippen LogP contribution in [0.1, 0.15) is 133 Å². The van der Waals surface area contributed by atoms with Crippen molar-refractivity contribution in [3.63, 3.8) is 0 Å². The summed E-state index contributed by atoms with van der Waals surface area (Å²) < 4.78 is 12.8. The molecule has 2 saturated carbocycles. The van der Waals surface area contributed by atoms with Crippen molar-refractivity contribution in [2.45, 2.75) is 172 Å². The summed E-state index contributed by atoms with van der Waals surface area (Å²) in [5, 5.41) is 37.6. The number of piperazine rings is 1. The Balaban J connectivity index is 0.511. The zero-order valence-electron chi connectivity index (χ0n) is 49.0. The molecule has 6 atom stereocenters. The smallest absolute Gasteiger partial charge is 0.243 e. The molecule has 3 aromatic heterocycles. The predicted octanol–water partition coefficient (Wildman–Crippen LogP) is 8.26. The number of β-amino-alcohol motifs (C(OH)–C–C–N with tert-alkyl or cyclic N) is 1. The van der Waals surface area contributed by atoms with Gasteiger partial charge in [0, 0.05) is 94.6 Å². The molecule has 18 nitrogen and oxygen atoms in total. The van der Waals surface area contributed by atoms with E-state index in [0.717, 1.165) is 105 Å². The quantitative estimate of drug-likeness (QED) is 0.0734. The van der Waals surface area contributed by atoms with E-state index in [2.05, 4.69) is 62.3 Å². The highest BCUT2D eigenvalue weighted by Gasteiger charge is 2.54. The summed E-state index contributed by atoms with van der Waals surface area (Å²) in [7, 11) is 0. The maximum absolute atomic E-state index is 14.4. The molecule has 19 heteroatoms. The lowest BCUT2D eigenvalue weighted by molar-refractivity contribution is -0.141. The van der Waals surface area contributed by atoms with Gasteiger partial charge in [0.25, 0.3) is 0 Å². The highest BCUT2D eigenvalue weighted by molar-refractivity contribution is 7.13. The summed E-state index contributed by atoms with van der Waals surface area (Å²) in [5.74, 6) is 1.30. The highest BCUT2D eigenvalue weighted by atomic mass is 32.1. The van der Waals surface area contributed by atoms with Crippen molar-refractivity contribution in [3.8, 4) is 27.4 Å². The second-order valence-electron chi connectivity index (χ2n) is 26.5. The number of para-hydroxylation sites is 1. The first-order valence-electron chi connectivity index (χ1n) is 31.3. The number of phenols is 1. The number of aryl methyl sites for hydroxylation is 1.